The summed E-state index contributed by atoms with van der Waals surface area (Å²) in [4.78, 5) is 30.8. The molecule has 3 aliphatic rings. The van der Waals surface area contributed by atoms with Crippen molar-refractivity contribution in [3.63, 3.8) is 0 Å². The molecule has 1 fully saturated rings. The fourth-order valence-corrected chi connectivity index (χ4v) is 3.28. The molecule has 3 aliphatic heterocycles. The molecule has 0 saturated carbocycles. The molecule has 1 saturated heterocycles. The molecule has 7 heteroatoms. The van der Waals surface area contributed by atoms with Crippen molar-refractivity contribution in [2.45, 2.75) is 25.5 Å². The molecule has 7 nitrogen and oxygen atoms in total. The number of rotatable bonds is 4. The summed E-state index contributed by atoms with van der Waals surface area (Å²) in [6, 6.07) is -0.205. The minimum atomic E-state index is -1.07. The van der Waals surface area contributed by atoms with Crippen LogP contribution in [0.15, 0.2) is 16.3 Å². The summed E-state index contributed by atoms with van der Waals surface area (Å²) in [7, 11) is 0. The Kier molecular flexibility index (Phi) is 3.01. The van der Waals surface area contributed by atoms with E-state index in [4.69, 9.17) is 0 Å². The SMILES string of the molecule is C[C@@H](O)[C@H]1C(=O)N2C(C(=O)O)=C(CN3C=NCC3)C[C@H]12. The van der Waals surface area contributed by atoms with Crippen molar-refractivity contribution in [1.29, 1.82) is 0 Å². The van der Waals surface area contributed by atoms with E-state index in [0.29, 0.717) is 13.0 Å². The third kappa shape index (κ3) is 1.81. The molecular weight excluding hydrogens is 262 g/mol. The monoisotopic (exact) mass is 279 g/mol. The third-order valence-corrected chi connectivity index (χ3v) is 4.18. The summed E-state index contributed by atoms with van der Waals surface area (Å²) < 4.78 is 0. The summed E-state index contributed by atoms with van der Waals surface area (Å²) >= 11 is 0. The van der Waals surface area contributed by atoms with Gasteiger partial charge < -0.3 is 20.0 Å². The summed E-state index contributed by atoms with van der Waals surface area (Å²) in [5.41, 5.74) is 0.838. The van der Waals surface area contributed by atoms with Gasteiger partial charge in [0.05, 0.1) is 30.9 Å². The average molecular weight is 279 g/mol. The third-order valence-electron chi connectivity index (χ3n) is 4.18. The van der Waals surface area contributed by atoms with Crippen molar-refractivity contribution in [1.82, 2.24) is 9.80 Å². The Morgan fingerprint density at radius 2 is 2.35 bits per heavy atom. The van der Waals surface area contributed by atoms with Crippen molar-refractivity contribution in [2.75, 3.05) is 19.6 Å². The lowest BCUT2D eigenvalue weighted by Gasteiger charge is -2.44. The number of aliphatic carboxylic acids is 1. The van der Waals surface area contributed by atoms with Crippen LogP contribution in [0.1, 0.15) is 13.3 Å². The summed E-state index contributed by atoms with van der Waals surface area (Å²) in [5, 5.41) is 19.0. The van der Waals surface area contributed by atoms with Crippen molar-refractivity contribution in [3.8, 4) is 0 Å². The van der Waals surface area contributed by atoms with Crippen LogP contribution in [0, 0.1) is 5.92 Å². The Labute approximate surface area is 116 Å². The van der Waals surface area contributed by atoms with E-state index in [1.54, 1.807) is 13.3 Å². The largest absolute Gasteiger partial charge is 0.477 e. The summed E-state index contributed by atoms with van der Waals surface area (Å²) in [6.45, 7) is 3.55. The molecular formula is C13H17N3O4. The lowest BCUT2D eigenvalue weighted by Crippen LogP contribution is -2.61. The number of carboxylic acids is 1. The Morgan fingerprint density at radius 3 is 2.90 bits per heavy atom. The van der Waals surface area contributed by atoms with E-state index in [1.165, 1.54) is 4.90 Å². The second-order valence-electron chi connectivity index (χ2n) is 5.50. The molecule has 0 spiro atoms. The molecule has 2 N–H and O–H groups in total. The van der Waals surface area contributed by atoms with Crippen LogP contribution < -0.4 is 0 Å². The molecule has 3 heterocycles. The van der Waals surface area contributed by atoms with Crippen molar-refractivity contribution < 1.29 is 19.8 Å². The summed E-state index contributed by atoms with van der Waals surface area (Å²) in [5.74, 6) is -1.84. The Balaban J connectivity index is 1.83. The van der Waals surface area contributed by atoms with Gasteiger partial charge in [-0.05, 0) is 18.9 Å². The number of aliphatic hydroxyl groups excluding tert-OH is 1. The number of carbonyl (C=O) groups is 2. The molecule has 3 rings (SSSR count). The first-order valence-electron chi connectivity index (χ1n) is 6.71. The number of β-lactam (4-membered cyclic amide) rings is 1. The van der Waals surface area contributed by atoms with Crippen molar-refractivity contribution >= 4 is 18.2 Å². The highest BCUT2D eigenvalue weighted by Gasteiger charge is 2.56. The van der Waals surface area contributed by atoms with Crippen LogP contribution in [0.3, 0.4) is 0 Å². The molecule has 0 unspecified atom stereocenters. The number of nitrogens with zero attached hydrogens (tertiary/aromatic N) is 3. The highest BCUT2D eigenvalue weighted by molar-refractivity contribution is 5.99. The van der Waals surface area contributed by atoms with Gasteiger partial charge in [0.2, 0.25) is 5.91 Å². The van der Waals surface area contributed by atoms with Gasteiger partial charge in [0.1, 0.15) is 5.70 Å². The van der Waals surface area contributed by atoms with E-state index in [1.807, 2.05) is 4.90 Å². The predicted molar refractivity (Wildman–Crippen MR) is 70.0 cm³/mol. The van der Waals surface area contributed by atoms with Gasteiger partial charge in [-0.3, -0.25) is 9.79 Å². The topological polar surface area (TPSA) is 93.4 Å². The number of fused-ring (bicyclic) bond motifs is 1. The highest BCUT2D eigenvalue weighted by atomic mass is 16.4. The van der Waals surface area contributed by atoms with Crippen LogP contribution in [0.2, 0.25) is 0 Å². The molecule has 0 bridgehead atoms. The second kappa shape index (κ2) is 4.59. The number of carbonyl (C=O) groups excluding carboxylic acids is 1. The number of amides is 1. The van der Waals surface area contributed by atoms with Gasteiger partial charge >= 0.3 is 5.97 Å². The van der Waals surface area contributed by atoms with E-state index in [9.17, 15) is 19.8 Å². The van der Waals surface area contributed by atoms with Crippen molar-refractivity contribution in [3.05, 3.63) is 11.3 Å². The van der Waals surface area contributed by atoms with Crippen LogP contribution in [0.4, 0.5) is 0 Å². The van der Waals surface area contributed by atoms with Crippen LogP contribution in [0.25, 0.3) is 0 Å². The summed E-state index contributed by atoms with van der Waals surface area (Å²) in [6.07, 6.45) is 1.50. The van der Waals surface area contributed by atoms with Gasteiger partial charge in [-0.2, -0.15) is 0 Å². The van der Waals surface area contributed by atoms with Crippen LogP contribution in [-0.2, 0) is 9.59 Å². The molecule has 0 aromatic heterocycles. The zero-order valence-electron chi connectivity index (χ0n) is 11.2. The second-order valence-corrected chi connectivity index (χ2v) is 5.50. The number of carboxylic acid groups (broad SMARTS) is 1. The van der Waals surface area contributed by atoms with E-state index in [0.717, 1.165) is 18.7 Å². The maximum atomic E-state index is 12.0. The fraction of sp³-hybridized carbons (Fsp3) is 0.615. The van der Waals surface area contributed by atoms with Gasteiger partial charge in [-0.15, -0.1) is 0 Å². The predicted octanol–water partition coefficient (Wildman–Crippen LogP) is -0.719. The molecule has 108 valence electrons. The Bertz CT molecular complexity index is 526. The van der Waals surface area contributed by atoms with E-state index in [-0.39, 0.29) is 17.6 Å². The number of hydrogen-bond acceptors (Lipinski definition) is 5. The molecule has 3 atom stereocenters. The first kappa shape index (κ1) is 13.1. The average Bonchev–Trinajstić information content (AvgIpc) is 2.95. The van der Waals surface area contributed by atoms with E-state index >= 15 is 0 Å². The first-order chi connectivity index (χ1) is 9.50. The normalized spacial score (nSPS) is 29.8. The van der Waals surface area contributed by atoms with Gasteiger partial charge in [0.25, 0.3) is 0 Å². The van der Waals surface area contributed by atoms with Gasteiger partial charge in [0.15, 0.2) is 0 Å². The molecule has 0 aliphatic carbocycles. The lowest BCUT2D eigenvalue weighted by molar-refractivity contribution is -0.161. The smallest absolute Gasteiger partial charge is 0.352 e. The Hall–Kier alpha value is -1.89. The standard InChI is InChI=1S/C13H17N3O4/c1-7(17)10-9-4-8(5-15-3-2-14-6-15)11(13(19)20)16(9)12(10)18/h6-7,9-10,17H,2-5H2,1H3,(H,19,20)/t7-,9-,10-/m1/s1. The van der Waals surface area contributed by atoms with Crippen molar-refractivity contribution in [2.24, 2.45) is 10.9 Å². The quantitative estimate of drug-likeness (QED) is 0.662. The maximum Gasteiger partial charge on any atom is 0.352 e. The number of hydrogen-bond donors (Lipinski definition) is 2. The highest BCUT2D eigenvalue weighted by Crippen LogP contribution is 2.43. The molecule has 0 radical (unpaired) electrons. The zero-order valence-corrected chi connectivity index (χ0v) is 11.2. The molecule has 20 heavy (non-hydrogen) atoms. The minimum Gasteiger partial charge on any atom is -0.477 e. The fourth-order valence-electron chi connectivity index (χ4n) is 3.28. The zero-order chi connectivity index (χ0) is 14.4. The van der Waals surface area contributed by atoms with Gasteiger partial charge in [0, 0.05) is 13.1 Å². The number of aliphatic hydroxyl groups is 1. The van der Waals surface area contributed by atoms with Gasteiger partial charge in [-0.25, -0.2) is 4.79 Å². The van der Waals surface area contributed by atoms with Crippen LogP contribution in [-0.4, -0.2) is 70.0 Å². The van der Waals surface area contributed by atoms with Crippen LogP contribution >= 0.6 is 0 Å². The van der Waals surface area contributed by atoms with Gasteiger partial charge in [-0.1, -0.05) is 0 Å². The molecule has 1 amide bonds. The molecule has 0 aromatic carbocycles. The number of aliphatic imine (C=N–C) groups is 1. The lowest BCUT2D eigenvalue weighted by atomic mass is 9.83. The maximum absolute atomic E-state index is 12.0. The Morgan fingerprint density at radius 1 is 1.60 bits per heavy atom. The molecule has 0 aromatic rings. The van der Waals surface area contributed by atoms with Crippen LogP contribution in [0.5, 0.6) is 0 Å². The van der Waals surface area contributed by atoms with E-state index < -0.39 is 18.0 Å². The first-order valence-corrected chi connectivity index (χ1v) is 6.71. The minimum absolute atomic E-state index is 0.0946. The van der Waals surface area contributed by atoms with E-state index in [2.05, 4.69) is 4.99 Å².